The zero-order valence-corrected chi connectivity index (χ0v) is 24.2. The molecular weight excluding hydrogens is 532 g/mol. The summed E-state index contributed by atoms with van der Waals surface area (Å²) in [6.45, 7) is 0. The lowest BCUT2D eigenvalue weighted by Crippen LogP contribution is -2.09. The normalized spacial score (nSPS) is 11.5. The molecule has 0 amide bonds. The van der Waals surface area contributed by atoms with Crippen LogP contribution in [0.25, 0.3) is 50.4 Å². The Morgan fingerprint density at radius 3 is 1.77 bits per heavy atom. The maximum atomic E-state index is 2.39. The summed E-state index contributed by atoms with van der Waals surface area (Å²) in [5.41, 5.74) is 9.29. The van der Waals surface area contributed by atoms with Gasteiger partial charge in [0.05, 0.1) is 11.0 Å². The highest BCUT2D eigenvalue weighted by atomic mass is 15.1. The average Bonchev–Trinajstić information content (AvgIpc) is 3.42. The van der Waals surface area contributed by atoms with Crippen LogP contribution >= 0.6 is 0 Å². The van der Waals surface area contributed by atoms with Crippen LogP contribution in [0.3, 0.4) is 0 Å². The predicted molar refractivity (Wildman–Crippen MR) is 188 cm³/mol. The standard InChI is InChI=1S/C42H30N2/c1-3-11-31(12-4-1)19-20-32-21-24-36(25-22-32)43(35-15-5-2-6-16-35)38-27-28-42-40(30-38)39-17-9-10-18-41(39)44(42)37-26-23-33-13-7-8-14-34(33)29-37/h1-30H/b20-19+. The molecule has 2 heteroatoms. The molecule has 0 radical (unpaired) electrons. The zero-order valence-electron chi connectivity index (χ0n) is 24.2. The Hall–Kier alpha value is -5.86. The molecule has 0 bridgehead atoms. The molecule has 0 aliphatic rings. The summed E-state index contributed by atoms with van der Waals surface area (Å²) in [6.07, 6.45) is 4.32. The third kappa shape index (κ3) is 4.73. The van der Waals surface area contributed by atoms with Crippen molar-refractivity contribution in [1.29, 1.82) is 0 Å². The summed E-state index contributed by atoms with van der Waals surface area (Å²) in [5, 5.41) is 4.96. The molecule has 208 valence electrons. The summed E-state index contributed by atoms with van der Waals surface area (Å²) >= 11 is 0. The molecule has 0 spiro atoms. The minimum Gasteiger partial charge on any atom is -0.310 e. The third-order valence-electron chi connectivity index (χ3n) is 8.34. The van der Waals surface area contributed by atoms with E-state index in [9.17, 15) is 0 Å². The van der Waals surface area contributed by atoms with Crippen LogP contribution in [0.4, 0.5) is 17.1 Å². The molecule has 0 N–H and O–H groups in total. The first kappa shape index (κ1) is 25.8. The van der Waals surface area contributed by atoms with Crippen LogP contribution in [-0.4, -0.2) is 4.57 Å². The molecule has 0 unspecified atom stereocenters. The maximum Gasteiger partial charge on any atom is 0.0542 e. The van der Waals surface area contributed by atoms with Crippen molar-refractivity contribution < 1.29 is 0 Å². The SMILES string of the molecule is C(=C\c1ccc(N(c2ccccc2)c2ccc3c(c2)c2ccccc2n3-c2ccc3ccccc3c2)cc1)/c1ccccc1. The van der Waals surface area contributed by atoms with E-state index in [1.165, 1.54) is 49.4 Å². The lowest BCUT2D eigenvalue weighted by atomic mass is 10.1. The molecule has 0 atom stereocenters. The Bertz CT molecular complexity index is 2260. The van der Waals surface area contributed by atoms with E-state index in [1.54, 1.807) is 0 Å². The van der Waals surface area contributed by atoms with E-state index in [4.69, 9.17) is 0 Å². The Labute approximate surface area is 257 Å². The van der Waals surface area contributed by atoms with Gasteiger partial charge in [0.2, 0.25) is 0 Å². The molecule has 7 aromatic carbocycles. The van der Waals surface area contributed by atoms with Crippen LogP contribution in [0, 0.1) is 0 Å². The van der Waals surface area contributed by atoms with Crippen LogP contribution in [-0.2, 0) is 0 Å². The van der Waals surface area contributed by atoms with Crippen LogP contribution in [0.5, 0.6) is 0 Å². The fourth-order valence-corrected chi connectivity index (χ4v) is 6.21. The highest BCUT2D eigenvalue weighted by Gasteiger charge is 2.17. The number of anilines is 3. The summed E-state index contributed by atoms with van der Waals surface area (Å²) in [6, 6.07) is 60.7. The van der Waals surface area contributed by atoms with Gasteiger partial charge in [-0.3, -0.25) is 0 Å². The fourth-order valence-electron chi connectivity index (χ4n) is 6.21. The maximum absolute atomic E-state index is 2.39. The fraction of sp³-hybridized carbons (Fsp3) is 0. The molecule has 2 nitrogen and oxygen atoms in total. The second-order valence-corrected chi connectivity index (χ2v) is 11.1. The highest BCUT2D eigenvalue weighted by Crippen LogP contribution is 2.40. The van der Waals surface area contributed by atoms with Gasteiger partial charge in [-0.15, -0.1) is 0 Å². The number of nitrogens with zero attached hydrogens (tertiary/aromatic N) is 2. The minimum absolute atomic E-state index is 1.12. The molecule has 8 aromatic rings. The Kier molecular flexibility index (Phi) is 6.51. The van der Waals surface area contributed by atoms with Gasteiger partial charge in [-0.1, -0.05) is 121 Å². The van der Waals surface area contributed by atoms with Crippen molar-refractivity contribution in [2.24, 2.45) is 0 Å². The van der Waals surface area contributed by atoms with Crippen molar-refractivity contribution in [2.75, 3.05) is 4.90 Å². The first-order valence-electron chi connectivity index (χ1n) is 15.0. The van der Waals surface area contributed by atoms with Crippen molar-refractivity contribution in [3.8, 4) is 5.69 Å². The molecule has 0 aliphatic carbocycles. The number of fused-ring (bicyclic) bond motifs is 4. The smallest absolute Gasteiger partial charge is 0.0542 e. The van der Waals surface area contributed by atoms with E-state index < -0.39 is 0 Å². The van der Waals surface area contributed by atoms with Crippen LogP contribution < -0.4 is 4.90 Å². The Balaban J connectivity index is 1.25. The molecule has 0 aliphatic heterocycles. The molecule has 0 saturated heterocycles. The molecule has 1 heterocycles. The van der Waals surface area contributed by atoms with Gasteiger partial charge >= 0.3 is 0 Å². The first-order chi connectivity index (χ1) is 21.8. The molecule has 0 saturated carbocycles. The summed E-state index contributed by atoms with van der Waals surface area (Å²) in [4.78, 5) is 2.34. The predicted octanol–water partition coefficient (Wildman–Crippen LogP) is 11.6. The molecule has 1 aromatic heterocycles. The van der Waals surface area contributed by atoms with E-state index in [2.05, 4.69) is 185 Å². The summed E-state index contributed by atoms with van der Waals surface area (Å²) < 4.78 is 2.39. The Morgan fingerprint density at radius 1 is 0.386 bits per heavy atom. The zero-order chi connectivity index (χ0) is 29.3. The lowest BCUT2D eigenvalue weighted by Gasteiger charge is -2.25. The molecule has 0 fully saturated rings. The number of hydrogen-bond donors (Lipinski definition) is 0. The van der Waals surface area contributed by atoms with Crippen molar-refractivity contribution in [3.05, 3.63) is 181 Å². The summed E-state index contributed by atoms with van der Waals surface area (Å²) in [5.74, 6) is 0. The van der Waals surface area contributed by atoms with Gasteiger partial charge in [0, 0.05) is 33.5 Å². The number of hydrogen-bond acceptors (Lipinski definition) is 1. The average molecular weight is 563 g/mol. The van der Waals surface area contributed by atoms with Gasteiger partial charge in [-0.25, -0.2) is 0 Å². The van der Waals surface area contributed by atoms with Gasteiger partial charge in [0.15, 0.2) is 0 Å². The van der Waals surface area contributed by atoms with Gasteiger partial charge in [-0.2, -0.15) is 0 Å². The number of para-hydroxylation sites is 2. The first-order valence-corrected chi connectivity index (χ1v) is 15.0. The molecule has 44 heavy (non-hydrogen) atoms. The second kappa shape index (κ2) is 11.1. The second-order valence-electron chi connectivity index (χ2n) is 11.1. The molecular formula is C42H30N2. The highest BCUT2D eigenvalue weighted by molar-refractivity contribution is 6.11. The van der Waals surface area contributed by atoms with Crippen LogP contribution in [0.1, 0.15) is 11.1 Å². The van der Waals surface area contributed by atoms with E-state index in [0.717, 1.165) is 17.1 Å². The number of rotatable bonds is 6. The van der Waals surface area contributed by atoms with Crippen LogP contribution in [0.2, 0.25) is 0 Å². The topological polar surface area (TPSA) is 8.17 Å². The van der Waals surface area contributed by atoms with Crippen molar-refractivity contribution >= 4 is 61.8 Å². The van der Waals surface area contributed by atoms with E-state index >= 15 is 0 Å². The monoisotopic (exact) mass is 562 g/mol. The van der Waals surface area contributed by atoms with Crippen LogP contribution in [0.15, 0.2) is 170 Å². The quantitative estimate of drug-likeness (QED) is 0.183. The molecule has 8 rings (SSSR count). The third-order valence-corrected chi connectivity index (χ3v) is 8.34. The minimum atomic E-state index is 1.12. The largest absolute Gasteiger partial charge is 0.310 e. The van der Waals surface area contributed by atoms with E-state index in [1.807, 2.05) is 6.07 Å². The lowest BCUT2D eigenvalue weighted by molar-refractivity contribution is 1.18. The van der Waals surface area contributed by atoms with Gasteiger partial charge in [-0.05, 0) is 82.6 Å². The van der Waals surface area contributed by atoms with Gasteiger partial charge in [0.25, 0.3) is 0 Å². The summed E-state index contributed by atoms with van der Waals surface area (Å²) in [7, 11) is 0. The number of benzene rings is 7. The number of aromatic nitrogens is 1. The van der Waals surface area contributed by atoms with Gasteiger partial charge < -0.3 is 9.47 Å². The van der Waals surface area contributed by atoms with E-state index in [0.29, 0.717) is 0 Å². The van der Waals surface area contributed by atoms with Crippen molar-refractivity contribution in [2.45, 2.75) is 0 Å². The Morgan fingerprint density at radius 2 is 0.977 bits per heavy atom. The van der Waals surface area contributed by atoms with Crippen molar-refractivity contribution in [1.82, 2.24) is 4.57 Å². The van der Waals surface area contributed by atoms with Crippen molar-refractivity contribution in [3.63, 3.8) is 0 Å². The van der Waals surface area contributed by atoms with E-state index in [-0.39, 0.29) is 0 Å². The van der Waals surface area contributed by atoms with Gasteiger partial charge in [0.1, 0.15) is 0 Å².